The number of hydrogen-bond donors (Lipinski definition) is 1. The van der Waals surface area contributed by atoms with Crippen molar-refractivity contribution in [1.82, 2.24) is 4.90 Å². The monoisotopic (exact) mass is 337 g/mol. The summed E-state index contributed by atoms with van der Waals surface area (Å²) in [5.74, 6) is -0.0231. The van der Waals surface area contributed by atoms with E-state index in [1.807, 2.05) is 31.2 Å². The first-order valence-electron chi connectivity index (χ1n) is 8.24. The minimum absolute atomic E-state index is 0.0231. The number of carbonyl (C=O) groups is 1. The van der Waals surface area contributed by atoms with Gasteiger partial charge < -0.3 is 10.0 Å². The van der Waals surface area contributed by atoms with Crippen LogP contribution in [0.1, 0.15) is 57.1 Å². The molecule has 2 rings (SSSR count). The Kier molecular flexibility index (Phi) is 5.98. The van der Waals surface area contributed by atoms with Gasteiger partial charge in [-0.25, -0.2) is 0 Å². The molecule has 0 bridgehead atoms. The zero-order chi connectivity index (χ0) is 17.0. The van der Waals surface area contributed by atoms with Crippen LogP contribution in [0, 0.1) is 0 Å². The first-order chi connectivity index (χ1) is 10.8. The van der Waals surface area contributed by atoms with Crippen molar-refractivity contribution in [2.45, 2.75) is 62.0 Å². The molecule has 1 N–H and O–H groups in total. The lowest BCUT2D eigenvalue weighted by atomic mass is 9.82. The number of nitrogens with zero attached hydrogens (tertiary/aromatic N) is 1. The molecule has 2 unspecified atom stereocenters. The maximum atomic E-state index is 12.5. The van der Waals surface area contributed by atoms with E-state index in [0.717, 1.165) is 42.6 Å². The molecule has 0 aromatic heterocycles. The molecule has 0 aliphatic heterocycles. The molecular formula is C18H27NO3S. The van der Waals surface area contributed by atoms with Crippen molar-refractivity contribution in [2.75, 3.05) is 13.3 Å². The summed E-state index contributed by atoms with van der Waals surface area (Å²) in [5, 5.41) is 10.6. The van der Waals surface area contributed by atoms with Gasteiger partial charge in [0.15, 0.2) is 0 Å². The Balaban J connectivity index is 2.01. The number of carbonyl (C=O) groups excluding carboxylic acids is 1. The van der Waals surface area contributed by atoms with Gasteiger partial charge in [0.1, 0.15) is 0 Å². The third-order valence-corrected chi connectivity index (χ3v) is 5.87. The first kappa shape index (κ1) is 18.1. The summed E-state index contributed by atoms with van der Waals surface area (Å²) in [6.07, 6.45) is 6.44. The molecule has 1 amide bonds. The van der Waals surface area contributed by atoms with E-state index in [-0.39, 0.29) is 18.4 Å². The Hall–Kier alpha value is -1.20. The fraction of sp³-hybridized carbons (Fsp3) is 0.611. The van der Waals surface area contributed by atoms with E-state index in [2.05, 4.69) is 0 Å². The minimum Gasteiger partial charge on any atom is -0.389 e. The normalized spacial score (nSPS) is 19.8. The molecule has 0 radical (unpaired) electrons. The third-order valence-electron chi connectivity index (χ3n) is 4.93. The van der Waals surface area contributed by atoms with Crippen molar-refractivity contribution >= 4 is 16.7 Å². The van der Waals surface area contributed by atoms with Crippen molar-refractivity contribution in [2.24, 2.45) is 0 Å². The zero-order valence-corrected chi connectivity index (χ0v) is 15.1. The number of hydrogen-bond acceptors (Lipinski definition) is 3. The molecule has 1 aromatic carbocycles. The maximum Gasteiger partial charge on any atom is 0.225 e. The number of aliphatic hydroxyl groups is 1. The Morgan fingerprint density at radius 2 is 1.83 bits per heavy atom. The molecule has 4 nitrogen and oxygen atoms in total. The summed E-state index contributed by atoms with van der Waals surface area (Å²) in [6.45, 7) is 1.97. The lowest BCUT2D eigenvalue weighted by Crippen LogP contribution is -2.40. The maximum absolute atomic E-state index is 12.5. The van der Waals surface area contributed by atoms with Gasteiger partial charge in [0.25, 0.3) is 0 Å². The van der Waals surface area contributed by atoms with E-state index in [9.17, 15) is 14.1 Å². The Bertz CT molecular complexity index is 564. The predicted molar refractivity (Wildman–Crippen MR) is 92.6 cm³/mol. The summed E-state index contributed by atoms with van der Waals surface area (Å²) in [4.78, 5) is 15.0. The van der Waals surface area contributed by atoms with Gasteiger partial charge in [0.2, 0.25) is 5.91 Å². The molecular weight excluding hydrogens is 310 g/mol. The fourth-order valence-corrected chi connectivity index (χ4v) is 3.69. The fourth-order valence-electron chi connectivity index (χ4n) is 3.17. The van der Waals surface area contributed by atoms with Crippen LogP contribution in [0.3, 0.4) is 0 Å². The average Bonchev–Trinajstić information content (AvgIpc) is 2.53. The third kappa shape index (κ3) is 4.64. The van der Waals surface area contributed by atoms with E-state index in [1.54, 1.807) is 18.2 Å². The van der Waals surface area contributed by atoms with E-state index in [1.165, 1.54) is 0 Å². The lowest BCUT2D eigenvalue weighted by molar-refractivity contribution is -0.138. The molecule has 2 atom stereocenters. The van der Waals surface area contributed by atoms with Gasteiger partial charge in [0.05, 0.1) is 18.1 Å². The molecule has 0 saturated heterocycles. The van der Waals surface area contributed by atoms with E-state index >= 15 is 0 Å². The predicted octanol–water partition coefficient (Wildman–Crippen LogP) is 3.03. The highest BCUT2D eigenvalue weighted by molar-refractivity contribution is 7.84. The highest BCUT2D eigenvalue weighted by Crippen LogP contribution is 2.32. The number of rotatable bonds is 5. The van der Waals surface area contributed by atoms with Gasteiger partial charge in [0, 0.05) is 29.0 Å². The van der Waals surface area contributed by atoms with Crippen molar-refractivity contribution in [3.63, 3.8) is 0 Å². The molecule has 0 heterocycles. The van der Waals surface area contributed by atoms with Crippen LogP contribution < -0.4 is 0 Å². The summed E-state index contributed by atoms with van der Waals surface area (Å²) < 4.78 is 11.4. The van der Waals surface area contributed by atoms with Crippen LogP contribution in [-0.4, -0.2) is 39.0 Å². The van der Waals surface area contributed by atoms with Crippen LogP contribution in [0.4, 0.5) is 0 Å². The summed E-state index contributed by atoms with van der Waals surface area (Å²) in [6, 6.07) is 7.44. The second-order valence-corrected chi connectivity index (χ2v) is 8.05. The van der Waals surface area contributed by atoms with Crippen molar-refractivity contribution in [3.8, 4) is 0 Å². The van der Waals surface area contributed by atoms with Gasteiger partial charge in [-0.3, -0.25) is 9.00 Å². The van der Waals surface area contributed by atoms with Gasteiger partial charge in [-0.1, -0.05) is 31.4 Å². The second-order valence-electron chi connectivity index (χ2n) is 6.67. The molecule has 23 heavy (non-hydrogen) atoms. The van der Waals surface area contributed by atoms with E-state index in [0.29, 0.717) is 0 Å². The molecule has 1 fully saturated rings. The largest absolute Gasteiger partial charge is 0.389 e. The summed E-state index contributed by atoms with van der Waals surface area (Å²) in [7, 11) is 0.789. The van der Waals surface area contributed by atoms with Gasteiger partial charge in [-0.15, -0.1) is 0 Å². The smallest absolute Gasteiger partial charge is 0.225 e. The zero-order valence-electron chi connectivity index (χ0n) is 14.2. The van der Waals surface area contributed by atoms with E-state index < -0.39 is 16.4 Å². The Morgan fingerprint density at radius 3 is 2.35 bits per heavy atom. The molecule has 1 aliphatic rings. The second kappa shape index (κ2) is 7.58. The highest BCUT2D eigenvalue weighted by Gasteiger charge is 2.33. The van der Waals surface area contributed by atoms with Gasteiger partial charge >= 0.3 is 0 Å². The number of amides is 1. The van der Waals surface area contributed by atoms with Crippen LogP contribution in [-0.2, 0) is 15.6 Å². The molecule has 128 valence electrons. The van der Waals surface area contributed by atoms with Crippen LogP contribution in [0.15, 0.2) is 29.2 Å². The van der Waals surface area contributed by atoms with E-state index in [4.69, 9.17) is 0 Å². The lowest BCUT2D eigenvalue weighted by Gasteiger charge is -2.34. The minimum atomic E-state index is -0.994. The molecule has 0 spiro atoms. The highest BCUT2D eigenvalue weighted by atomic mass is 32.2. The standard InChI is InChI=1S/C18H27NO3S/c1-14(15-7-9-16(10-8-15)23(3)22)19(2)17(20)13-18(21)11-5-4-6-12-18/h7-10,14,21H,4-6,11-13H2,1-3H3. The van der Waals surface area contributed by atoms with Gasteiger partial charge in [-0.2, -0.15) is 0 Å². The molecule has 1 saturated carbocycles. The average molecular weight is 337 g/mol. The summed E-state index contributed by atoms with van der Waals surface area (Å²) in [5.41, 5.74) is 0.178. The SMILES string of the molecule is CC(c1ccc(S(C)=O)cc1)N(C)C(=O)CC1(O)CCCCC1. The van der Waals surface area contributed by atoms with Crippen molar-refractivity contribution < 1.29 is 14.1 Å². The molecule has 1 aromatic rings. The first-order valence-corrected chi connectivity index (χ1v) is 9.80. The quantitative estimate of drug-likeness (QED) is 0.898. The Morgan fingerprint density at radius 1 is 1.26 bits per heavy atom. The Labute approximate surface area is 141 Å². The van der Waals surface area contributed by atoms with Gasteiger partial charge in [-0.05, 0) is 37.5 Å². The molecule has 1 aliphatic carbocycles. The molecule has 5 heteroatoms. The topological polar surface area (TPSA) is 57.6 Å². The van der Waals surface area contributed by atoms with Crippen LogP contribution in [0.25, 0.3) is 0 Å². The van der Waals surface area contributed by atoms with Crippen LogP contribution in [0.5, 0.6) is 0 Å². The van der Waals surface area contributed by atoms with Crippen molar-refractivity contribution in [1.29, 1.82) is 0 Å². The van der Waals surface area contributed by atoms with Crippen molar-refractivity contribution in [3.05, 3.63) is 29.8 Å². The van der Waals surface area contributed by atoms with Crippen LogP contribution in [0.2, 0.25) is 0 Å². The number of benzene rings is 1. The van der Waals surface area contributed by atoms with Crippen LogP contribution >= 0.6 is 0 Å². The summed E-state index contributed by atoms with van der Waals surface area (Å²) >= 11 is 0.